The topological polar surface area (TPSA) is 117 Å². The molecule has 0 atom stereocenters. The first-order valence-corrected chi connectivity index (χ1v) is 9.24. The van der Waals surface area contributed by atoms with Gasteiger partial charge in [-0.15, -0.1) is 0 Å². The van der Waals surface area contributed by atoms with Crippen molar-refractivity contribution in [2.75, 3.05) is 19.0 Å². The summed E-state index contributed by atoms with van der Waals surface area (Å²) in [6.45, 7) is -0.362. The summed E-state index contributed by atoms with van der Waals surface area (Å²) in [5.74, 6) is 0.722. The highest BCUT2D eigenvalue weighted by Crippen LogP contribution is 2.28. The molecule has 0 unspecified atom stereocenters. The number of nitrogens with zero attached hydrogens (tertiary/aromatic N) is 2. The third-order valence-electron chi connectivity index (χ3n) is 4.43. The second-order valence-electron chi connectivity index (χ2n) is 6.49. The van der Waals surface area contributed by atoms with Crippen LogP contribution >= 0.6 is 0 Å². The summed E-state index contributed by atoms with van der Waals surface area (Å²) in [7, 11) is 1.58. The Morgan fingerprint density at radius 2 is 1.90 bits per heavy atom. The van der Waals surface area contributed by atoms with Crippen LogP contribution in [0.25, 0.3) is 22.6 Å². The van der Waals surface area contributed by atoms with Gasteiger partial charge in [0.05, 0.1) is 12.0 Å². The van der Waals surface area contributed by atoms with E-state index < -0.39 is 10.8 Å². The number of hydrogen-bond donors (Lipinski definition) is 1. The first kappa shape index (κ1) is 19.9. The van der Waals surface area contributed by atoms with Gasteiger partial charge in [-0.05, 0) is 42.5 Å². The van der Waals surface area contributed by atoms with Crippen molar-refractivity contribution in [1.82, 2.24) is 4.98 Å². The number of para-hydroxylation sites is 2. The van der Waals surface area contributed by atoms with E-state index in [1.165, 1.54) is 18.2 Å². The van der Waals surface area contributed by atoms with E-state index in [0.717, 1.165) is 5.56 Å². The number of hydrogen-bond acceptors (Lipinski definition) is 7. The highest BCUT2D eigenvalue weighted by atomic mass is 16.6. The van der Waals surface area contributed by atoms with Gasteiger partial charge < -0.3 is 19.2 Å². The maximum absolute atomic E-state index is 12.2. The fourth-order valence-electron chi connectivity index (χ4n) is 2.92. The number of aromatic nitrogens is 1. The lowest BCUT2D eigenvalue weighted by atomic mass is 10.2. The second-order valence-corrected chi connectivity index (χ2v) is 6.49. The van der Waals surface area contributed by atoms with Crippen LogP contribution in [0, 0.1) is 10.1 Å². The first-order chi connectivity index (χ1) is 15.0. The van der Waals surface area contributed by atoms with Gasteiger partial charge in [0.2, 0.25) is 5.89 Å². The number of ether oxygens (including phenoxy) is 2. The minimum atomic E-state index is -0.561. The summed E-state index contributed by atoms with van der Waals surface area (Å²) in [4.78, 5) is 27.0. The third kappa shape index (κ3) is 4.45. The molecule has 0 bridgehead atoms. The number of fused-ring (bicyclic) bond motifs is 1. The number of nitrogens with one attached hydrogen (secondary N) is 1. The molecular formula is C22H17N3O6. The number of methoxy groups -OCH3 is 1. The van der Waals surface area contributed by atoms with Gasteiger partial charge in [-0.2, -0.15) is 0 Å². The number of nitro groups is 1. The highest BCUT2D eigenvalue weighted by Gasteiger charge is 2.15. The van der Waals surface area contributed by atoms with Crippen LogP contribution in [0.5, 0.6) is 11.5 Å². The highest BCUT2D eigenvalue weighted by molar-refractivity contribution is 5.92. The predicted octanol–water partition coefficient (Wildman–Crippen LogP) is 4.43. The Morgan fingerprint density at radius 3 is 2.65 bits per heavy atom. The summed E-state index contributed by atoms with van der Waals surface area (Å²) in [6, 6.07) is 18.2. The van der Waals surface area contributed by atoms with Gasteiger partial charge in [0, 0.05) is 23.4 Å². The largest absolute Gasteiger partial charge is 0.497 e. The minimum Gasteiger partial charge on any atom is -0.497 e. The Morgan fingerprint density at radius 1 is 1.13 bits per heavy atom. The van der Waals surface area contributed by atoms with E-state index in [2.05, 4.69) is 10.3 Å². The fraction of sp³-hybridized carbons (Fsp3) is 0.0909. The maximum Gasteiger partial charge on any atom is 0.310 e. The van der Waals surface area contributed by atoms with Crippen LogP contribution in [0.15, 0.2) is 71.1 Å². The van der Waals surface area contributed by atoms with Crippen LogP contribution in [0.2, 0.25) is 0 Å². The molecule has 0 radical (unpaired) electrons. The molecule has 0 aliphatic heterocycles. The molecule has 0 aliphatic rings. The van der Waals surface area contributed by atoms with Crippen LogP contribution in [0.3, 0.4) is 0 Å². The van der Waals surface area contributed by atoms with Gasteiger partial charge in [0.25, 0.3) is 5.91 Å². The lowest BCUT2D eigenvalue weighted by Crippen LogP contribution is -2.20. The minimum absolute atomic E-state index is 0.0330. The van der Waals surface area contributed by atoms with Crippen LogP contribution in [-0.4, -0.2) is 29.5 Å². The first-order valence-electron chi connectivity index (χ1n) is 9.24. The van der Waals surface area contributed by atoms with Crippen LogP contribution in [0.4, 0.5) is 11.4 Å². The Labute approximate surface area is 176 Å². The van der Waals surface area contributed by atoms with Gasteiger partial charge >= 0.3 is 5.69 Å². The molecule has 3 aromatic carbocycles. The van der Waals surface area contributed by atoms with Crippen LogP contribution in [0.1, 0.15) is 0 Å². The van der Waals surface area contributed by atoms with Crippen molar-refractivity contribution in [2.24, 2.45) is 0 Å². The zero-order valence-electron chi connectivity index (χ0n) is 16.4. The van der Waals surface area contributed by atoms with E-state index in [1.54, 1.807) is 55.6 Å². The number of nitro benzene ring substituents is 1. The second kappa shape index (κ2) is 8.54. The Bertz CT molecular complexity index is 1250. The number of benzene rings is 3. The number of carbonyl (C=O) groups is 1. The molecule has 1 heterocycles. The van der Waals surface area contributed by atoms with E-state index in [1.807, 2.05) is 0 Å². The average Bonchev–Trinajstić information content (AvgIpc) is 3.21. The van der Waals surface area contributed by atoms with Gasteiger partial charge in [0.15, 0.2) is 17.9 Å². The zero-order chi connectivity index (χ0) is 21.8. The van der Waals surface area contributed by atoms with Crippen molar-refractivity contribution >= 4 is 28.4 Å². The quantitative estimate of drug-likeness (QED) is 0.348. The molecule has 4 aromatic rings. The standard InChI is InChI=1S/C22H17N3O6/c1-29-16-10-11-19-17(12-16)24-22(31-19)14-6-8-15(9-7-14)23-21(26)13-30-20-5-3-2-4-18(20)25(27)28/h2-12H,13H2,1H3,(H,23,26). The lowest BCUT2D eigenvalue weighted by Gasteiger charge is -2.08. The van der Waals surface area contributed by atoms with E-state index >= 15 is 0 Å². The third-order valence-corrected chi connectivity index (χ3v) is 4.43. The molecule has 1 amide bonds. The molecule has 0 spiro atoms. The summed E-state index contributed by atoms with van der Waals surface area (Å²) in [6.07, 6.45) is 0. The molecule has 156 valence electrons. The SMILES string of the molecule is COc1ccc2oc(-c3ccc(NC(=O)COc4ccccc4[N+](=O)[O-])cc3)nc2c1. The number of anilines is 1. The van der Waals surface area contributed by atoms with Gasteiger partial charge in [-0.1, -0.05) is 12.1 Å². The normalized spacial score (nSPS) is 10.6. The van der Waals surface area contributed by atoms with E-state index in [0.29, 0.717) is 28.4 Å². The molecule has 0 aliphatic carbocycles. The molecule has 9 nitrogen and oxygen atoms in total. The van der Waals surface area contributed by atoms with Gasteiger partial charge in [-0.25, -0.2) is 4.98 Å². The molecule has 31 heavy (non-hydrogen) atoms. The van der Waals surface area contributed by atoms with E-state index in [-0.39, 0.29) is 18.0 Å². The Kier molecular flexibility index (Phi) is 5.48. The van der Waals surface area contributed by atoms with Crippen LogP contribution < -0.4 is 14.8 Å². The number of oxazole rings is 1. The molecule has 1 N–H and O–H groups in total. The van der Waals surface area contributed by atoms with Gasteiger partial charge in [0.1, 0.15) is 11.3 Å². The van der Waals surface area contributed by atoms with Crippen molar-refractivity contribution in [2.45, 2.75) is 0 Å². The van der Waals surface area contributed by atoms with Crippen molar-refractivity contribution in [3.05, 3.63) is 76.8 Å². The fourth-order valence-corrected chi connectivity index (χ4v) is 2.92. The molecule has 4 rings (SSSR count). The molecule has 9 heteroatoms. The zero-order valence-corrected chi connectivity index (χ0v) is 16.4. The molecule has 0 saturated carbocycles. The Balaban J connectivity index is 1.40. The monoisotopic (exact) mass is 419 g/mol. The van der Waals surface area contributed by atoms with Crippen molar-refractivity contribution in [3.63, 3.8) is 0 Å². The molecule has 0 saturated heterocycles. The lowest BCUT2D eigenvalue weighted by molar-refractivity contribution is -0.385. The summed E-state index contributed by atoms with van der Waals surface area (Å²) >= 11 is 0. The number of carbonyl (C=O) groups excluding carboxylic acids is 1. The average molecular weight is 419 g/mol. The summed E-state index contributed by atoms with van der Waals surface area (Å²) < 4.78 is 16.2. The summed E-state index contributed by atoms with van der Waals surface area (Å²) in [5.41, 5.74) is 2.40. The van der Waals surface area contributed by atoms with Crippen molar-refractivity contribution in [3.8, 4) is 23.0 Å². The van der Waals surface area contributed by atoms with Gasteiger partial charge in [-0.3, -0.25) is 14.9 Å². The van der Waals surface area contributed by atoms with Crippen molar-refractivity contribution < 1.29 is 23.6 Å². The maximum atomic E-state index is 12.2. The molecule has 0 fully saturated rings. The van der Waals surface area contributed by atoms with E-state index in [9.17, 15) is 14.9 Å². The number of rotatable bonds is 7. The predicted molar refractivity (Wildman–Crippen MR) is 113 cm³/mol. The van der Waals surface area contributed by atoms with Crippen LogP contribution in [-0.2, 0) is 4.79 Å². The Hall–Kier alpha value is -4.40. The number of amides is 1. The van der Waals surface area contributed by atoms with E-state index in [4.69, 9.17) is 13.9 Å². The smallest absolute Gasteiger partial charge is 0.310 e. The molecular weight excluding hydrogens is 402 g/mol. The van der Waals surface area contributed by atoms with Crippen molar-refractivity contribution in [1.29, 1.82) is 0 Å². The molecule has 1 aromatic heterocycles. The summed E-state index contributed by atoms with van der Waals surface area (Å²) in [5, 5.41) is 13.7.